The third-order valence-corrected chi connectivity index (χ3v) is 3.31. The number of hydrogen-bond acceptors (Lipinski definition) is 6. The normalized spacial score (nSPS) is 14.9. The molecule has 1 aromatic rings. The second-order valence-electron chi connectivity index (χ2n) is 4.90. The summed E-state index contributed by atoms with van der Waals surface area (Å²) < 4.78 is 15.2. The molecule has 6 heteroatoms. The van der Waals surface area contributed by atoms with E-state index in [0.717, 1.165) is 25.7 Å². The van der Waals surface area contributed by atoms with Crippen molar-refractivity contribution >= 4 is 11.9 Å². The lowest BCUT2D eigenvalue weighted by Gasteiger charge is -2.11. The maximum Gasteiger partial charge on any atom is 0.340 e. The molecule has 6 nitrogen and oxygen atoms in total. The van der Waals surface area contributed by atoms with Crippen LogP contribution in [0.1, 0.15) is 46.4 Å². The second-order valence-corrected chi connectivity index (χ2v) is 4.90. The van der Waals surface area contributed by atoms with Crippen molar-refractivity contribution in [3.05, 3.63) is 29.6 Å². The largest absolute Gasteiger partial charge is 0.460 e. The van der Waals surface area contributed by atoms with E-state index in [1.165, 1.54) is 25.6 Å². The van der Waals surface area contributed by atoms with Crippen molar-refractivity contribution in [1.29, 1.82) is 0 Å². The molecule has 2 rings (SSSR count). The fraction of sp³-hybridized carbons (Fsp3) is 0.533. The summed E-state index contributed by atoms with van der Waals surface area (Å²) in [7, 11) is 1.52. The van der Waals surface area contributed by atoms with Gasteiger partial charge in [-0.2, -0.15) is 0 Å². The molecule has 1 fully saturated rings. The zero-order chi connectivity index (χ0) is 15.1. The lowest BCUT2D eigenvalue weighted by Crippen LogP contribution is -2.16. The predicted octanol–water partition coefficient (Wildman–Crippen LogP) is 1.98. The van der Waals surface area contributed by atoms with E-state index in [9.17, 15) is 9.59 Å². The summed E-state index contributed by atoms with van der Waals surface area (Å²) in [5.74, 6) is -0.976. The molecule has 1 aliphatic carbocycles. The van der Waals surface area contributed by atoms with E-state index in [2.05, 4.69) is 4.98 Å². The van der Waals surface area contributed by atoms with Crippen molar-refractivity contribution in [3.8, 4) is 0 Å². The number of rotatable bonds is 6. The van der Waals surface area contributed by atoms with E-state index in [1.807, 2.05) is 0 Å². The molecule has 0 aliphatic heterocycles. The number of methoxy groups -OCH3 is 1. The summed E-state index contributed by atoms with van der Waals surface area (Å²) in [5, 5.41) is 0. The van der Waals surface area contributed by atoms with Crippen LogP contribution in [0, 0.1) is 0 Å². The first-order chi connectivity index (χ1) is 10.2. The van der Waals surface area contributed by atoms with Gasteiger partial charge in [0.15, 0.2) is 0 Å². The lowest BCUT2D eigenvalue weighted by atomic mass is 10.2. The number of ether oxygens (including phenoxy) is 3. The maximum absolute atomic E-state index is 12.0. The Kier molecular flexibility index (Phi) is 5.68. The molecule has 1 aromatic heterocycles. The Balaban J connectivity index is 1.95. The van der Waals surface area contributed by atoms with E-state index in [4.69, 9.17) is 14.2 Å². The van der Waals surface area contributed by atoms with Crippen molar-refractivity contribution < 1.29 is 23.8 Å². The van der Waals surface area contributed by atoms with Crippen molar-refractivity contribution in [1.82, 2.24) is 4.98 Å². The van der Waals surface area contributed by atoms with Crippen LogP contribution in [0.4, 0.5) is 0 Å². The average molecular weight is 293 g/mol. The van der Waals surface area contributed by atoms with E-state index in [-0.39, 0.29) is 23.8 Å². The van der Waals surface area contributed by atoms with Gasteiger partial charge in [0.25, 0.3) is 0 Å². The summed E-state index contributed by atoms with van der Waals surface area (Å²) in [5.41, 5.74) is 0.495. The standard InChI is InChI=1S/C15H19NO5/c1-19-6-7-20-14(17)11-8-12(10-16-9-11)15(18)21-13-4-2-3-5-13/h8-10,13H,2-7H2,1H3. The van der Waals surface area contributed by atoms with Crippen molar-refractivity contribution in [2.45, 2.75) is 31.8 Å². The molecule has 0 radical (unpaired) electrons. The number of esters is 2. The Labute approximate surface area is 123 Å². The number of carbonyl (C=O) groups excluding carboxylic acids is 2. The molecular formula is C15H19NO5. The van der Waals surface area contributed by atoms with Crippen LogP contribution in [0.25, 0.3) is 0 Å². The van der Waals surface area contributed by atoms with Crippen LogP contribution in [0.2, 0.25) is 0 Å². The molecule has 21 heavy (non-hydrogen) atoms. The van der Waals surface area contributed by atoms with Gasteiger partial charge in [-0.25, -0.2) is 9.59 Å². The summed E-state index contributed by atoms with van der Waals surface area (Å²) in [4.78, 5) is 27.7. The number of aromatic nitrogens is 1. The fourth-order valence-electron chi connectivity index (χ4n) is 2.19. The minimum atomic E-state index is -0.532. The molecule has 0 spiro atoms. The monoisotopic (exact) mass is 293 g/mol. The van der Waals surface area contributed by atoms with Crippen LogP contribution in [0.5, 0.6) is 0 Å². The minimum absolute atomic E-state index is 0.0187. The summed E-state index contributed by atoms with van der Waals surface area (Å²) in [6.07, 6.45) is 6.71. The first-order valence-electron chi connectivity index (χ1n) is 7.03. The summed E-state index contributed by atoms with van der Waals surface area (Å²) in [6.45, 7) is 0.481. The molecular weight excluding hydrogens is 274 g/mol. The average Bonchev–Trinajstić information content (AvgIpc) is 3.00. The molecule has 0 N–H and O–H groups in total. The highest BCUT2D eigenvalue weighted by Gasteiger charge is 2.21. The molecule has 0 aromatic carbocycles. The third kappa shape index (κ3) is 4.53. The third-order valence-electron chi connectivity index (χ3n) is 3.31. The topological polar surface area (TPSA) is 74.7 Å². The van der Waals surface area contributed by atoms with Gasteiger partial charge < -0.3 is 14.2 Å². The SMILES string of the molecule is COCCOC(=O)c1cncc(C(=O)OC2CCCC2)c1. The van der Waals surface area contributed by atoms with Crippen LogP contribution in [-0.4, -0.2) is 43.4 Å². The fourth-order valence-corrected chi connectivity index (χ4v) is 2.19. The van der Waals surface area contributed by atoms with Gasteiger partial charge in [0.05, 0.1) is 17.7 Å². The molecule has 0 amide bonds. The van der Waals surface area contributed by atoms with Crippen molar-refractivity contribution in [2.24, 2.45) is 0 Å². The molecule has 1 aliphatic rings. The number of nitrogens with zero attached hydrogens (tertiary/aromatic N) is 1. The van der Waals surface area contributed by atoms with Crippen LogP contribution >= 0.6 is 0 Å². The number of hydrogen-bond donors (Lipinski definition) is 0. The van der Waals surface area contributed by atoms with E-state index in [0.29, 0.717) is 6.61 Å². The van der Waals surface area contributed by atoms with E-state index in [1.54, 1.807) is 0 Å². The van der Waals surface area contributed by atoms with Gasteiger partial charge in [-0.1, -0.05) is 0 Å². The highest BCUT2D eigenvalue weighted by Crippen LogP contribution is 2.22. The highest BCUT2D eigenvalue weighted by molar-refractivity contribution is 5.94. The van der Waals surface area contributed by atoms with Gasteiger partial charge in [0.1, 0.15) is 12.7 Å². The molecule has 0 bridgehead atoms. The molecule has 0 unspecified atom stereocenters. The van der Waals surface area contributed by atoms with E-state index < -0.39 is 11.9 Å². The summed E-state index contributed by atoms with van der Waals surface area (Å²) >= 11 is 0. The molecule has 0 saturated heterocycles. The number of carbonyl (C=O) groups is 2. The Morgan fingerprint density at radius 1 is 1.14 bits per heavy atom. The molecule has 1 heterocycles. The Morgan fingerprint density at radius 2 is 1.81 bits per heavy atom. The van der Waals surface area contributed by atoms with Gasteiger partial charge in [-0.3, -0.25) is 4.98 Å². The van der Waals surface area contributed by atoms with Crippen LogP contribution in [0.15, 0.2) is 18.5 Å². The van der Waals surface area contributed by atoms with Gasteiger partial charge in [0.2, 0.25) is 0 Å². The molecule has 0 atom stereocenters. The van der Waals surface area contributed by atoms with Crippen molar-refractivity contribution in [2.75, 3.05) is 20.3 Å². The quantitative estimate of drug-likeness (QED) is 0.590. The van der Waals surface area contributed by atoms with E-state index >= 15 is 0 Å². The van der Waals surface area contributed by atoms with Gasteiger partial charge >= 0.3 is 11.9 Å². The van der Waals surface area contributed by atoms with Crippen LogP contribution in [0.3, 0.4) is 0 Å². The van der Waals surface area contributed by atoms with Crippen LogP contribution < -0.4 is 0 Å². The van der Waals surface area contributed by atoms with Crippen LogP contribution in [-0.2, 0) is 14.2 Å². The predicted molar refractivity (Wildman–Crippen MR) is 74.1 cm³/mol. The van der Waals surface area contributed by atoms with Gasteiger partial charge in [0, 0.05) is 19.5 Å². The molecule has 114 valence electrons. The van der Waals surface area contributed by atoms with Gasteiger partial charge in [-0.15, -0.1) is 0 Å². The Hall–Kier alpha value is -1.95. The first-order valence-corrected chi connectivity index (χ1v) is 7.03. The van der Waals surface area contributed by atoms with Gasteiger partial charge in [-0.05, 0) is 31.7 Å². The zero-order valence-electron chi connectivity index (χ0n) is 12.0. The number of pyridine rings is 1. The first kappa shape index (κ1) is 15.4. The Bertz CT molecular complexity index is 497. The van der Waals surface area contributed by atoms with Crippen molar-refractivity contribution in [3.63, 3.8) is 0 Å². The maximum atomic E-state index is 12.0. The lowest BCUT2D eigenvalue weighted by molar-refractivity contribution is 0.0317. The summed E-state index contributed by atoms with van der Waals surface area (Å²) in [6, 6.07) is 1.44. The second kappa shape index (κ2) is 7.73. The highest BCUT2D eigenvalue weighted by atomic mass is 16.6. The molecule has 1 saturated carbocycles. The zero-order valence-corrected chi connectivity index (χ0v) is 12.0. The Morgan fingerprint density at radius 3 is 2.48 bits per heavy atom. The smallest absolute Gasteiger partial charge is 0.340 e. The minimum Gasteiger partial charge on any atom is -0.460 e.